The Morgan fingerprint density at radius 3 is 1.41 bits per heavy atom. The molecule has 0 N–H and O–H groups in total. The summed E-state index contributed by atoms with van der Waals surface area (Å²) in [6.07, 6.45) is -18.8. The van der Waals surface area contributed by atoms with Crippen molar-refractivity contribution in [2.75, 3.05) is 13.2 Å². The largest absolute Gasteiger partial charge is 0.463 e. The van der Waals surface area contributed by atoms with Crippen LogP contribution < -0.4 is 0 Å². The number of carbonyl (C=O) groups excluding carboxylic acids is 6. The van der Waals surface area contributed by atoms with Crippen LogP contribution in [0.15, 0.2) is 0 Å². The Hall–Kier alpha value is -3.44. The van der Waals surface area contributed by atoms with E-state index >= 15 is 0 Å². The Bertz CT molecular complexity index is 990. The maximum Gasteiger partial charge on any atom is 0.303 e. The van der Waals surface area contributed by atoms with Gasteiger partial charge in [0.25, 0.3) is 0 Å². The lowest BCUT2D eigenvalue weighted by molar-refractivity contribution is -0.347. The van der Waals surface area contributed by atoms with Crippen molar-refractivity contribution in [1.29, 1.82) is 0 Å². The first-order valence-electron chi connectivity index (χ1n) is 12.3. The molecule has 0 amide bonds. The smallest absolute Gasteiger partial charge is 0.303 e. The van der Waals surface area contributed by atoms with E-state index in [-0.39, 0.29) is 0 Å². The molecule has 0 aliphatic carbocycles. The van der Waals surface area contributed by atoms with Gasteiger partial charge in [0.15, 0.2) is 36.9 Å². The SMILES string of the molecule is CC(=O)OC[C@H]1O[C@@H](O[C@H]2[C@H](OC(C)=O)[C@H](F)[C@H](F)O[C@@H]2COC(C)=O)[C@H](OC(C)=O)[C@@H](OC(C)=O)[C@H]1OC(C)=O. The summed E-state index contributed by atoms with van der Waals surface area (Å²) in [5, 5.41) is 0. The van der Waals surface area contributed by atoms with Gasteiger partial charge in [-0.1, -0.05) is 0 Å². The van der Waals surface area contributed by atoms with Crippen LogP contribution in [0.3, 0.4) is 0 Å². The zero-order valence-corrected chi connectivity index (χ0v) is 23.1. The predicted octanol–water partition coefficient (Wildman–Crippen LogP) is -0.0180. The van der Waals surface area contributed by atoms with Gasteiger partial charge in [-0.05, 0) is 0 Å². The zero-order valence-electron chi connectivity index (χ0n) is 23.1. The van der Waals surface area contributed by atoms with Crippen molar-refractivity contribution in [1.82, 2.24) is 0 Å². The second kappa shape index (κ2) is 15.0. The van der Waals surface area contributed by atoms with Crippen molar-refractivity contribution in [2.45, 2.75) is 103 Å². The third kappa shape index (κ3) is 9.86. The first-order chi connectivity index (χ1) is 19.1. The number of hydrogen-bond donors (Lipinski definition) is 0. The molecule has 17 heteroatoms. The topological polar surface area (TPSA) is 185 Å². The van der Waals surface area contributed by atoms with Gasteiger partial charge in [-0.2, -0.15) is 0 Å². The summed E-state index contributed by atoms with van der Waals surface area (Å²) in [7, 11) is 0. The Morgan fingerprint density at radius 2 is 0.951 bits per heavy atom. The molecule has 41 heavy (non-hydrogen) atoms. The van der Waals surface area contributed by atoms with E-state index in [1.54, 1.807) is 0 Å². The Morgan fingerprint density at radius 1 is 0.537 bits per heavy atom. The van der Waals surface area contributed by atoms with Crippen molar-refractivity contribution in [3.63, 3.8) is 0 Å². The number of alkyl halides is 2. The van der Waals surface area contributed by atoms with Crippen molar-refractivity contribution >= 4 is 35.8 Å². The van der Waals surface area contributed by atoms with Crippen LogP contribution in [-0.2, 0) is 71.4 Å². The lowest BCUT2D eigenvalue weighted by atomic mass is 9.96. The zero-order chi connectivity index (χ0) is 31.0. The first-order valence-corrected chi connectivity index (χ1v) is 12.3. The summed E-state index contributed by atoms with van der Waals surface area (Å²) in [5.41, 5.74) is 0. The Labute approximate surface area is 232 Å². The molecule has 2 rings (SSSR count). The van der Waals surface area contributed by atoms with Crippen LogP contribution in [0, 0.1) is 0 Å². The molecule has 2 heterocycles. The monoisotopic (exact) mass is 598 g/mol. The highest BCUT2D eigenvalue weighted by Crippen LogP contribution is 2.35. The van der Waals surface area contributed by atoms with Gasteiger partial charge in [-0.3, -0.25) is 28.8 Å². The lowest BCUT2D eigenvalue weighted by Crippen LogP contribution is -2.66. The molecule has 0 aromatic carbocycles. The number of esters is 6. The minimum absolute atomic E-state index is 0.596. The lowest BCUT2D eigenvalue weighted by Gasteiger charge is -2.47. The van der Waals surface area contributed by atoms with E-state index in [0.717, 1.165) is 41.5 Å². The van der Waals surface area contributed by atoms with Gasteiger partial charge >= 0.3 is 35.8 Å². The second-order valence-corrected chi connectivity index (χ2v) is 9.02. The molecular weight excluding hydrogens is 566 g/mol. The maximum atomic E-state index is 15.0. The molecule has 2 aliphatic rings. The normalized spacial score (nSPS) is 33.1. The number of ether oxygens (including phenoxy) is 9. The maximum absolute atomic E-state index is 15.0. The predicted molar refractivity (Wildman–Crippen MR) is 124 cm³/mol. The summed E-state index contributed by atoms with van der Waals surface area (Å²) in [5.74, 6) is -5.38. The van der Waals surface area contributed by atoms with E-state index in [1.807, 2.05) is 0 Å². The molecule has 2 aliphatic heterocycles. The molecule has 0 spiro atoms. The quantitative estimate of drug-likeness (QED) is 0.241. The molecule has 2 saturated heterocycles. The molecule has 10 atom stereocenters. The highest BCUT2D eigenvalue weighted by atomic mass is 19.2. The highest BCUT2D eigenvalue weighted by molar-refractivity contribution is 5.69. The van der Waals surface area contributed by atoms with Crippen molar-refractivity contribution < 1.29 is 80.2 Å². The van der Waals surface area contributed by atoms with Crippen molar-refractivity contribution in [3.8, 4) is 0 Å². The van der Waals surface area contributed by atoms with Gasteiger partial charge in [-0.15, -0.1) is 0 Å². The minimum atomic E-state index is -2.63. The van der Waals surface area contributed by atoms with E-state index in [1.165, 1.54) is 0 Å². The fourth-order valence-corrected chi connectivity index (χ4v) is 4.14. The van der Waals surface area contributed by atoms with Crippen LogP contribution in [0.5, 0.6) is 0 Å². The summed E-state index contributed by atoms with van der Waals surface area (Å²) in [6, 6.07) is 0. The van der Waals surface area contributed by atoms with E-state index < -0.39 is 111 Å². The highest BCUT2D eigenvalue weighted by Gasteiger charge is 2.57. The minimum Gasteiger partial charge on any atom is -0.463 e. The second-order valence-electron chi connectivity index (χ2n) is 9.02. The van der Waals surface area contributed by atoms with Crippen molar-refractivity contribution in [2.24, 2.45) is 0 Å². The summed E-state index contributed by atoms with van der Waals surface area (Å²) in [4.78, 5) is 70.6. The summed E-state index contributed by atoms with van der Waals surface area (Å²) >= 11 is 0. The van der Waals surface area contributed by atoms with Gasteiger partial charge in [0.2, 0.25) is 6.36 Å². The van der Waals surface area contributed by atoms with Crippen LogP contribution >= 0.6 is 0 Å². The van der Waals surface area contributed by atoms with Crippen LogP contribution in [0.4, 0.5) is 8.78 Å². The molecule has 232 valence electrons. The number of halogens is 2. The van der Waals surface area contributed by atoms with Crippen LogP contribution in [-0.4, -0.2) is 111 Å². The first kappa shape index (κ1) is 33.8. The van der Waals surface area contributed by atoms with Gasteiger partial charge in [0.05, 0.1) is 0 Å². The van der Waals surface area contributed by atoms with E-state index in [0.29, 0.717) is 0 Å². The molecular formula is C24H32F2O15. The van der Waals surface area contributed by atoms with Gasteiger partial charge in [0, 0.05) is 41.5 Å². The molecule has 0 bridgehead atoms. The molecule has 2 fully saturated rings. The average Bonchev–Trinajstić information content (AvgIpc) is 2.83. The molecule has 0 saturated carbocycles. The van der Waals surface area contributed by atoms with Gasteiger partial charge in [0.1, 0.15) is 31.5 Å². The molecule has 0 aromatic heterocycles. The van der Waals surface area contributed by atoms with Gasteiger partial charge < -0.3 is 42.6 Å². The Balaban J connectivity index is 2.58. The third-order valence-corrected chi connectivity index (χ3v) is 5.55. The number of hydrogen-bond acceptors (Lipinski definition) is 15. The third-order valence-electron chi connectivity index (χ3n) is 5.55. The average molecular weight is 599 g/mol. The standard InChI is InChI=1S/C24H32F2O15/c1-9(27)33-7-15-18(20(36-12(4)30)17(25)23(26)39-15)41-24-22(38-14(6)32)21(37-13(5)31)19(35-11(3)29)16(40-24)8-34-10(2)28/h15-24H,7-8H2,1-6H3/t15-,16-,17+,18-,19+,20-,21+,22-,23-,24+/m1/s1. The molecule has 0 unspecified atom stereocenters. The fraction of sp³-hybridized carbons (Fsp3) is 0.750. The molecule has 15 nitrogen and oxygen atoms in total. The summed E-state index contributed by atoms with van der Waals surface area (Å²) in [6.45, 7) is 4.73. The molecule has 0 radical (unpaired) electrons. The molecule has 0 aromatic rings. The van der Waals surface area contributed by atoms with Gasteiger partial charge in [-0.25, -0.2) is 8.78 Å². The fourth-order valence-electron chi connectivity index (χ4n) is 4.14. The van der Waals surface area contributed by atoms with Crippen LogP contribution in [0.25, 0.3) is 0 Å². The van der Waals surface area contributed by atoms with Crippen molar-refractivity contribution in [3.05, 3.63) is 0 Å². The number of carbonyl (C=O) groups is 6. The summed E-state index contributed by atoms with van der Waals surface area (Å²) < 4.78 is 76.6. The Kier molecular flexibility index (Phi) is 12.3. The van der Waals surface area contributed by atoms with Crippen LogP contribution in [0.2, 0.25) is 0 Å². The van der Waals surface area contributed by atoms with E-state index in [4.69, 9.17) is 42.6 Å². The van der Waals surface area contributed by atoms with Crippen LogP contribution in [0.1, 0.15) is 41.5 Å². The van der Waals surface area contributed by atoms with E-state index in [2.05, 4.69) is 0 Å². The number of rotatable bonds is 10. The van der Waals surface area contributed by atoms with E-state index in [9.17, 15) is 37.5 Å².